The first-order valence-electron chi connectivity index (χ1n) is 10.1. The average Bonchev–Trinajstić information content (AvgIpc) is 3.56. The van der Waals surface area contributed by atoms with Crippen LogP contribution in [0.25, 0.3) is 0 Å². The molecule has 3 rings (SSSR count). The molecular formula is C21H23N7O6. The molecule has 0 aromatic carbocycles. The molecule has 0 fully saturated rings. The molecule has 13 heteroatoms. The second-order valence-corrected chi connectivity index (χ2v) is 7.07. The Balaban J connectivity index is 1.71. The molecule has 2 atom stereocenters. The highest BCUT2D eigenvalue weighted by atomic mass is 16.5. The van der Waals surface area contributed by atoms with E-state index in [9.17, 15) is 19.2 Å². The zero-order valence-electron chi connectivity index (χ0n) is 18.4. The molecule has 3 aromatic rings. The summed E-state index contributed by atoms with van der Waals surface area (Å²) in [5, 5.41) is 5.09. The van der Waals surface area contributed by atoms with Crippen molar-refractivity contribution in [2.75, 3.05) is 14.2 Å². The zero-order valence-corrected chi connectivity index (χ0v) is 18.4. The van der Waals surface area contributed by atoms with Crippen LogP contribution in [0.5, 0.6) is 0 Å². The number of rotatable bonds is 10. The first-order valence-corrected chi connectivity index (χ1v) is 10.1. The van der Waals surface area contributed by atoms with E-state index in [2.05, 4.69) is 35.6 Å². The Kier molecular flexibility index (Phi) is 8.05. The summed E-state index contributed by atoms with van der Waals surface area (Å²) in [5.41, 5.74) is 1.02. The number of H-pyrrole nitrogens is 2. The molecule has 0 radical (unpaired) electrons. The van der Waals surface area contributed by atoms with E-state index >= 15 is 0 Å². The smallest absolute Gasteiger partial charge is 0.328 e. The topological polar surface area (TPSA) is 181 Å². The summed E-state index contributed by atoms with van der Waals surface area (Å²) in [6.07, 6.45) is 6.17. The number of hydrogen-bond donors (Lipinski definition) is 4. The van der Waals surface area contributed by atoms with Gasteiger partial charge in [0.1, 0.15) is 23.5 Å². The van der Waals surface area contributed by atoms with E-state index in [0.29, 0.717) is 11.4 Å². The fourth-order valence-corrected chi connectivity index (χ4v) is 3.06. The Morgan fingerprint density at radius 1 is 0.824 bits per heavy atom. The number of carbonyl (C=O) groups is 4. The van der Waals surface area contributed by atoms with Crippen molar-refractivity contribution in [3.8, 4) is 0 Å². The third-order valence-corrected chi connectivity index (χ3v) is 4.75. The molecule has 13 nitrogen and oxygen atoms in total. The van der Waals surface area contributed by atoms with Crippen molar-refractivity contribution in [3.05, 3.63) is 66.0 Å². The summed E-state index contributed by atoms with van der Waals surface area (Å²) < 4.78 is 9.51. The van der Waals surface area contributed by atoms with E-state index in [1.54, 1.807) is 0 Å². The van der Waals surface area contributed by atoms with Crippen LogP contribution in [0.3, 0.4) is 0 Å². The molecule has 4 N–H and O–H groups in total. The summed E-state index contributed by atoms with van der Waals surface area (Å²) in [6.45, 7) is 0. The van der Waals surface area contributed by atoms with Crippen LogP contribution in [-0.2, 0) is 31.9 Å². The number of amides is 2. The van der Waals surface area contributed by atoms with E-state index in [1.165, 1.54) is 57.5 Å². The highest BCUT2D eigenvalue weighted by Gasteiger charge is 2.26. The van der Waals surface area contributed by atoms with Gasteiger partial charge in [0, 0.05) is 36.6 Å². The third-order valence-electron chi connectivity index (χ3n) is 4.75. The minimum Gasteiger partial charge on any atom is -0.467 e. The number of aromatic nitrogens is 5. The number of hydrogen-bond acceptors (Lipinski definition) is 9. The molecule has 0 aliphatic rings. The standard InChI is InChI=1S/C21H23N7O6/c1-33-20(31)16(6-12-8-22-10-24-12)27-18(29)14-4-3-5-15(26-14)19(30)28-17(21(32)34-2)7-13-9-23-11-25-13/h3-5,8-11,16-17H,6-7H2,1-2H3,(H,22,24)(H,23,25)(H,27,29)(H,28,30). The minimum absolute atomic E-state index is 0.102. The monoisotopic (exact) mass is 469 g/mol. The maximum Gasteiger partial charge on any atom is 0.328 e. The summed E-state index contributed by atoms with van der Waals surface area (Å²) in [5.74, 6) is -2.69. The van der Waals surface area contributed by atoms with Gasteiger partial charge in [0.2, 0.25) is 0 Å². The van der Waals surface area contributed by atoms with Crippen LogP contribution in [0.15, 0.2) is 43.2 Å². The second kappa shape index (κ2) is 11.4. The van der Waals surface area contributed by atoms with Crippen LogP contribution in [0.4, 0.5) is 0 Å². The van der Waals surface area contributed by atoms with Crippen molar-refractivity contribution in [1.82, 2.24) is 35.6 Å². The molecule has 0 bridgehead atoms. The molecule has 178 valence electrons. The van der Waals surface area contributed by atoms with E-state index in [4.69, 9.17) is 9.47 Å². The van der Waals surface area contributed by atoms with Gasteiger partial charge in [-0.05, 0) is 12.1 Å². The predicted octanol–water partition coefficient (Wildman–Crippen LogP) is -0.444. The molecule has 3 aromatic heterocycles. The molecular weight excluding hydrogens is 446 g/mol. The third kappa shape index (κ3) is 6.25. The fourth-order valence-electron chi connectivity index (χ4n) is 3.06. The number of carbonyl (C=O) groups excluding carboxylic acids is 4. The number of imidazole rings is 2. The van der Waals surface area contributed by atoms with Gasteiger partial charge in [0.05, 0.1) is 26.9 Å². The second-order valence-electron chi connectivity index (χ2n) is 7.07. The highest BCUT2D eigenvalue weighted by molar-refractivity contribution is 5.98. The molecule has 0 saturated carbocycles. The number of methoxy groups -OCH3 is 2. The predicted molar refractivity (Wildman–Crippen MR) is 115 cm³/mol. The van der Waals surface area contributed by atoms with Gasteiger partial charge in [0.25, 0.3) is 11.8 Å². The van der Waals surface area contributed by atoms with Gasteiger partial charge in [-0.2, -0.15) is 0 Å². The lowest BCUT2D eigenvalue weighted by atomic mass is 10.1. The minimum atomic E-state index is -1.00. The molecule has 3 heterocycles. The van der Waals surface area contributed by atoms with Crippen molar-refractivity contribution in [1.29, 1.82) is 0 Å². The van der Waals surface area contributed by atoms with Crippen LogP contribution in [-0.4, -0.2) is 75.0 Å². The van der Waals surface area contributed by atoms with Gasteiger partial charge in [-0.25, -0.2) is 24.5 Å². The van der Waals surface area contributed by atoms with Crippen LogP contribution < -0.4 is 10.6 Å². The van der Waals surface area contributed by atoms with E-state index < -0.39 is 35.8 Å². The number of nitrogens with one attached hydrogen (secondary N) is 4. The van der Waals surface area contributed by atoms with Gasteiger partial charge in [-0.1, -0.05) is 6.07 Å². The first-order chi connectivity index (χ1) is 16.4. The molecule has 34 heavy (non-hydrogen) atoms. The average molecular weight is 469 g/mol. The molecule has 0 aliphatic heterocycles. The van der Waals surface area contributed by atoms with Crippen molar-refractivity contribution in [3.63, 3.8) is 0 Å². The molecule has 0 saturated heterocycles. The van der Waals surface area contributed by atoms with Crippen molar-refractivity contribution in [2.45, 2.75) is 24.9 Å². The van der Waals surface area contributed by atoms with Gasteiger partial charge in [0.15, 0.2) is 0 Å². The lowest BCUT2D eigenvalue weighted by Crippen LogP contribution is -2.44. The first kappa shape index (κ1) is 24.1. The summed E-state index contributed by atoms with van der Waals surface area (Å²) in [7, 11) is 2.41. The van der Waals surface area contributed by atoms with Gasteiger partial charge in [-0.15, -0.1) is 0 Å². The molecule has 0 spiro atoms. The maximum atomic E-state index is 12.7. The van der Waals surface area contributed by atoms with Crippen LogP contribution in [0.1, 0.15) is 32.4 Å². The Morgan fingerprint density at radius 3 is 1.62 bits per heavy atom. The number of nitrogens with zero attached hydrogens (tertiary/aromatic N) is 3. The van der Waals surface area contributed by atoms with Crippen molar-refractivity contribution >= 4 is 23.8 Å². The summed E-state index contributed by atoms with van der Waals surface area (Å²) in [6, 6.07) is 2.23. The largest absolute Gasteiger partial charge is 0.467 e. The molecule has 2 amide bonds. The lowest BCUT2D eigenvalue weighted by molar-refractivity contribution is -0.143. The fraction of sp³-hybridized carbons (Fsp3) is 0.286. The van der Waals surface area contributed by atoms with E-state index in [0.717, 1.165) is 0 Å². The molecule has 0 aliphatic carbocycles. The Hall–Kier alpha value is -4.55. The number of aromatic amines is 2. The number of pyridine rings is 1. The van der Waals surface area contributed by atoms with E-state index in [-0.39, 0.29) is 24.2 Å². The van der Waals surface area contributed by atoms with Crippen molar-refractivity contribution < 1.29 is 28.7 Å². The van der Waals surface area contributed by atoms with Gasteiger partial charge in [-0.3, -0.25) is 9.59 Å². The van der Waals surface area contributed by atoms with E-state index in [1.807, 2.05) is 0 Å². The van der Waals surface area contributed by atoms with Crippen LogP contribution in [0, 0.1) is 0 Å². The Morgan fingerprint density at radius 2 is 1.26 bits per heavy atom. The summed E-state index contributed by atoms with van der Waals surface area (Å²) >= 11 is 0. The molecule has 2 unspecified atom stereocenters. The van der Waals surface area contributed by atoms with Gasteiger partial charge < -0.3 is 30.1 Å². The quantitative estimate of drug-likeness (QED) is 0.286. The Bertz CT molecular complexity index is 1040. The summed E-state index contributed by atoms with van der Waals surface area (Å²) in [4.78, 5) is 67.3. The number of ether oxygens (including phenoxy) is 2. The Labute approximate surface area is 193 Å². The highest BCUT2D eigenvalue weighted by Crippen LogP contribution is 2.06. The van der Waals surface area contributed by atoms with Crippen LogP contribution in [0.2, 0.25) is 0 Å². The lowest BCUT2D eigenvalue weighted by Gasteiger charge is -2.17. The number of esters is 2. The maximum absolute atomic E-state index is 12.7. The SMILES string of the molecule is COC(=O)C(Cc1cnc[nH]1)NC(=O)c1cccc(C(=O)NC(Cc2cnc[nH]2)C(=O)OC)n1. The normalized spacial score (nSPS) is 12.3. The van der Waals surface area contributed by atoms with Gasteiger partial charge >= 0.3 is 11.9 Å². The van der Waals surface area contributed by atoms with Crippen molar-refractivity contribution in [2.24, 2.45) is 0 Å². The van der Waals surface area contributed by atoms with Crippen LogP contribution >= 0.6 is 0 Å². The zero-order chi connectivity index (χ0) is 24.5.